The molecule has 0 amide bonds. The number of aromatic nitrogens is 15. The molecule has 97 heavy (non-hydrogen) atoms. The van der Waals surface area contributed by atoms with Crippen molar-refractivity contribution in [3.05, 3.63) is 339 Å². The van der Waals surface area contributed by atoms with Crippen LogP contribution in [-0.4, -0.2) is 76.8 Å². The maximum absolute atomic E-state index is 6.02. The van der Waals surface area contributed by atoms with Gasteiger partial charge in [0.2, 0.25) is 0 Å². The summed E-state index contributed by atoms with van der Waals surface area (Å²) < 4.78 is 18.0. The molecule has 0 aliphatic carbocycles. The Balaban J connectivity index is 0.000000131. The van der Waals surface area contributed by atoms with Crippen molar-refractivity contribution in [3.8, 4) is 17.2 Å². The summed E-state index contributed by atoms with van der Waals surface area (Å²) in [4.78, 5) is 14.0. The smallest absolute Gasteiger partial charge is 0.197 e. The molecule has 0 unspecified atom stereocenters. The third-order valence-electron chi connectivity index (χ3n) is 15.6. The first-order chi connectivity index (χ1) is 47.9. The van der Waals surface area contributed by atoms with Crippen LogP contribution in [0, 0.1) is 0 Å². The van der Waals surface area contributed by atoms with Crippen molar-refractivity contribution < 1.29 is 14.2 Å². The Labute approximate surface area is 559 Å². The van der Waals surface area contributed by atoms with Crippen molar-refractivity contribution in [2.24, 2.45) is 0 Å². The van der Waals surface area contributed by atoms with Crippen LogP contribution in [0.1, 0.15) is 84.6 Å². The van der Waals surface area contributed by atoms with Gasteiger partial charge in [-0.2, -0.15) is 15.6 Å². The number of aryl methyl sites for hydroxylation is 2. The van der Waals surface area contributed by atoms with Gasteiger partial charge in [-0.1, -0.05) is 200 Å². The van der Waals surface area contributed by atoms with Crippen LogP contribution in [0.5, 0.6) is 17.2 Å². The van der Waals surface area contributed by atoms with Crippen LogP contribution in [0.4, 0.5) is 0 Å². The van der Waals surface area contributed by atoms with E-state index in [1.54, 1.807) is 0 Å². The Morgan fingerprint density at radius 3 is 1.12 bits per heavy atom. The molecule has 0 spiro atoms. The Hall–Kier alpha value is -13.0. The maximum Gasteiger partial charge on any atom is 0.197 e. The van der Waals surface area contributed by atoms with Crippen LogP contribution >= 0.6 is 0 Å². The van der Waals surface area contributed by atoms with E-state index in [1.165, 1.54) is 33.4 Å². The topological polar surface area (TPSA) is 230 Å². The minimum atomic E-state index is 0.440. The summed E-state index contributed by atoms with van der Waals surface area (Å²) in [7, 11) is 0. The summed E-state index contributed by atoms with van der Waals surface area (Å²) in [6, 6.07) is 86.7. The SMILES string of the molecule is C(=Cc1nn[nH]n1)c1ccc(CCc2cccc(OCc3ccc4ccccc4n3)c2)cc1.C(=Cc1nn[nH]n1)c1ccc(Cc2cccc(OCc3ccc4ccccc4n3)c2)cc1.C(=Cc1nn[nH]n1)c1cccc(Cc2ccc(OCc3ccc4ccccc4n3)cc2)c1. The van der Waals surface area contributed by atoms with Gasteiger partial charge in [-0.15, -0.1) is 30.6 Å². The molecule has 6 heterocycles. The van der Waals surface area contributed by atoms with Gasteiger partial charge in [-0.05, 0) is 182 Å². The van der Waals surface area contributed by atoms with E-state index in [2.05, 4.69) is 222 Å². The van der Waals surface area contributed by atoms with Crippen molar-refractivity contribution in [3.63, 3.8) is 0 Å². The lowest BCUT2D eigenvalue weighted by molar-refractivity contribution is 0.301. The molecule has 3 N–H and O–H groups in total. The van der Waals surface area contributed by atoms with Crippen LogP contribution < -0.4 is 14.2 Å². The largest absolute Gasteiger partial charge is 0.487 e. The van der Waals surface area contributed by atoms with Crippen LogP contribution in [-0.2, 0) is 45.5 Å². The van der Waals surface area contributed by atoms with Gasteiger partial charge in [0.05, 0.1) is 33.6 Å². The van der Waals surface area contributed by atoms with Crippen molar-refractivity contribution in [1.29, 1.82) is 0 Å². The first-order valence-electron chi connectivity index (χ1n) is 31.7. The van der Waals surface area contributed by atoms with E-state index in [-0.39, 0.29) is 0 Å². The lowest BCUT2D eigenvalue weighted by Gasteiger charge is -2.09. The van der Waals surface area contributed by atoms with Crippen LogP contribution in [0.3, 0.4) is 0 Å². The van der Waals surface area contributed by atoms with E-state index in [1.807, 2.05) is 146 Å². The molecule has 0 aliphatic rings. The molecule has 18 nitrogen and oxygen atoms in total. The molecule has 0 saturated heterocycles. The second kappa shape index (κ2) is 32.1. The van der Waals surface area contributed by atoms with Crippen LogP contribution in [0.25, 0.3) is 69.2 Å². The highest BCUT2D eigenvalue weighted by Crippen LogP contribution is 2.24. The first kappa shape index (κ1) is 62.8. The molecule has 0 radical (unpaired) electrons. The van der Waals surface area contributed by atoms with Gasteiger partial charge in [0.25, 0.3) is 0 Å². The van der Waals surface area contributed by atoms with Gasteiger partial charge in [0, 0.05) is 16.2 Å². The summed E-state index contributed by atoms with van der Waals surface area (Å²) in [5.74, 6) is 4.23. The molecule has 0 bridgehead atoms. The molecule has 0 fully saturated rings. The molecule has 474 valence electrons. The lowest BCUT2D eigenvalue weighted by atomic mass is 10.0. The molecule has 0 saturated carbocycles. The number of aromatic amines is 3. The molecule has 18 heteroatoms. The second-order valence-corrected chi connectivity index (χ2v) is 22.7. The number of pyridine rings is 3. The minimum absolute atomic E-state index is 0.440. The normalized spacial score (nSPS) is 11.3. The molecular weight excluding hydrogens is 1210 g/mol. The number of tetrazole rings is 3. The van der Waals surface area contributed by atoms with Crippen molar-refractivity contribution in [2.45, 2.75) is 45.5 Å². The zero-order valence-corrected chi connectivity index (χ0v) is 52.8. The molecule has 15 rings (SSSR count). The fraction of sp³-hybridized carbons (Fsp3) is 0.0886. The Kier molecular flexibility index (Phi) is 20.8. The molecule has 0 atom stereocenters. The number of fused-ring (bicyclic) bond motifs is 3. The molecule has 0 aliphatic heterocycles. The molecule has 15 aromatic rings. The number of rotatable bonds is 22. The monoisotopic (exact) mass is 1270 g/mol. The highest BCUT2D eigenvalue weighted by atomic mass is 16.5. The number of hydrogen-bond donors (Lipinski definition) is 3. The predicted octanol–water partition coefficient (Wildman–Crippen LogP) is 15.5. The third-order valence-corrected chi connectivity index (χ3v) is 15.6. The average molecular weight is 1270 g/mol. The van der Waals surface area contributed by atoms with E-state index < -0.39 is 0 Å². The van der Waals surface area contributed by atoms with Gasteiger partial charge in [-0.25, -0.2) is 15.0 Å². The number of nitrogens with zero attached hydrogens (tertiary/aromatic N) is 12. The highest BCUT2D eigenvalue weighted by Gasteiger charge is 2.08. The quantitative estimate of drug-likeness (QED) is 0.0573. The minimum Gasteiger partial charge on any atom is -0.487 e. The van der Waals surface area contributed by atoms with E-state index in [9.17, 15) is 0 Å². The second-order valence-electron chi connectivity index (χ2n) is 22.7. The highest BCUT2D eigenvalue weighted by molar-refractivity contribution is 5.80. The molecule has 6 aromatic heterocycles. The maximum atomic E-state index is 6.02. The molecular formula is C79H65N15O3. The predicted molar refractivity (Wildman–Crippen MR) is 379 cm³/mol. The average Bonchev–Trinajstić information content (AvgIpc) is 2.34. The molecule has 9 aromatic carbocycles. The van der Waals surface area contributed by atoms with Crippen molar-refractivity contribution in [2.75, 3.05) is 0 Å². The van der Waals surface area contributed by atoms with Gasteiger partial charge in [-0.3, -0.25) is 0 Å². The fourth-order valence-electron chi connectivity index (χ4n) is 10.6. The van der Waals surface area contributed by atoms with Crippen LogP contribution in [0.2, 0.25) is 0 Å². The van der Waals surface area contributed by atoms with E-state index >= 15 is 0 Å². The number of H-pyrrole nitrogens is 3. The van der Waals surface area contributed by atoms with Gasteiger partial charge in [0.1, 0.15) is 37.1 Å². The summed E-state index contributed by atoms with van der Waals surface area (Å²) in [6.45, 7) is 1.34. The Bertz CT molecular complexity index is 5060. The number of hydrogen-bond acceptors (Lipinski definition) is 15. The van der Waals surface area contributed by atoms with Crippen molar-refractivity contribution in [1.82, 2.24) is 76.8 Å². The Morgan fingerprint density at radius 2 is 0.660 bits per heavy atom. The Morgan fingerprint density at radius 1 is 0.278 bits per heavy atom. The summed E-state index contributed by atoms with van der Waals surface area (Å²) in [5, 5.41) is 44.9. The first-order valence-corrected chi connectivity index (χ1v) is 31.7. The number of ether oxygens (including phenoxy) is 3. The summed E-state index contributed by atoms with van der Waals surface area (Å²) >= 11 is 0. The standard InChI is InChI=1S/C27H23N5O.2C26H21N5O/c1-2-7-26-23(5-1)15-16-24(28-26)19-33-25-6-3-4-22(18-25)13-12-20-8-10-21(11-9-20)14-17-27-29-31-32-30-27;1-2-7-25-22(6-1)11-12-23(27-25)18-32-24-13-8-20(9-14-24)17-21-5-3-4-19(16-21)10-15-26-28-30-31-29-26;1-2-7-25-22(5-1)13-14-23(27-25)18-32-24-6-3-4-21(17-24)16-20-10-8-19(9-11-20)12-15-26-28-30-31-29-26/h1-11,14-18H,12-13,19H2,(H,29,30,31,32);1-16H,17-18H2,(H,28,29,30,31);1-15,17H,16,18H2,(H,28,29,30,31). The number of benzene rings is 9. The number of nitrogens with one attached hydrogen (secondary N) is 3. The van der Waals surface area contributed by atoms with Gasteiger partial charge in [0.15, 0.2) is 17.5 Å². The number of para-hydroxylation sites is 3. The van der Waals surface area contributed by atoms with Gasteiger partial charge < -0.3 is 14.2 Å². The summed E-state index contributed by atoms with van der Waals surface area (Å²) in [6.07, 6.45) is 15.0. The third kappa shape index (κ3) is 18.6. The fourth-order valence-corrected chi connectivity index (χ4v) is 10.6. The van der Waals surface area contributed by atoms with Crippen molar-refractivity contribution >= 4 is 69.2 Å². The van der Waals surface area contributed by atoms with Gasteiger partial charge >= 0.3 is 0 Å². The van der Waals surface area contributed by atoms with E-state index in [0.29, 0.717) is 37.3 Å². The summed E-state index contributed by atoms with van der Waals surface area (Å²) in [5.41, 5.74) is 16.4. The van der Waals surface area contributed by atoms with E-state index in [4.69, 9.17) is 14.2 Å². The lowest BCUT2D eigenvalue weighted by Crippen LogP contribution is -1.99. The zero-order chi connectivity index (χ0) is 65.5. The zero-order valence-electron chi connectivity index (χ0n) is 52.8. The van der Waals surface area contributed by atoms with E-state index in [0.717, 1.165) is 109 Å². The van der Waals surface area contributed by atoms with Crippen LogP contribution in [0.15, 0.2) is 255 Å².